The third-order valence-corrected chi connectivity index (χ3v) is 5.20. The van der Waals surface area contributed by atoms with Crippen molar-refractivity contribution >= 4 is 13.3 Å². The summed E-state index contributed by atoms with van der Waals surface area (Å²) < 4.78 is 0. The Labute approximate surface area is 115 Å². The first-order valence-electron chi connectivity index (χ1n) is 6.91. The highest BCUT2D eigenvalue weighted by molar-refractivity contribution is 6.89. The second kappa shape index (κ2) is 4.52. The van der Waals surface area contributed by atoms with Crippen LogP contribution in [0.15, 0.2) is 12.1 Å². The van der Waals surface area contributed by atoms with E-state index in [4.69, 9.17) is 0 Å². The summed E-state index contributed by atoms with van der Waals surface area (Å²) in [6.45, 7) is 21.2. The van der Waals surface area contributed by atoms with Gasteiger partial charge in [-0.15, -0.1) is 0 Å². The Balaban J connectivity index is 3.68. The van der Waals surface area contributed by atoms with Crippen molar-refractivity contribution < 1.29 is 0 Å². The van der Waals surface area contributed by atoms with Crippen LogP contribution in [0.25, 0.3) is 0 Å². The number of rotatable bonds is 1. The second-order valence-corrected chi connectivity index (χ2v) is 13.4. The minimum atomic E-state index is -1.35. The molecule has 0 N–H and O–H groups in total. The highest BCUT2D eigenvalue weighted by Gasteiger charge is 2.31. The van der Waals surface area contributed by atoms with Crippen molar-refractivity contribution in [1.82, 2.24) is 0 Å². The Morgan fingerprint density at radius 3 is 1.72 bits per heavy atom. The van der Waals surface area contributed by atoms with Gasteiger partial charge in [-0.1, -0.05) is 73.3 Å². The van der Waals surface area contributed by atoms with Gasteiger partial charge in [0.05, 0.1) is 8.07 Å². The molecular weight excluding hydrogens is 232 g/mol. The summed E-state index contributed by atoms with van der Waals surface area (Å²) in [5.74, 6) is 0. The minimum Gasteiger partial charge on any atom is -0.0656 e. The van der Waals surface area contributed by atoms with Gasteiger partial charge in [0.25, 0.3) is 0 Å². The molecule has 0 fully saturated rings. The van der Waals surface area contributed by atoms with Gasteiger partial charge in [-0.3, -0.25) is 0 Å². The zero-order chi connectivity index (χ0) is 14.4. The van der Waals surface area contributed by atoms with Crippen LogP contribution in [0.1, 0.15) is 52.7 Å². The van der Waals surface area contributed by atoms with E-state index in [1.165, 1.54) is 16.3 Å². The van der Waals surface area contributed by atoms with Crippen LogP contribution in [0.5, 0.6) is 0 Å². The van der Waals surface area contributed by atoms with E-state index in [1.54, 1.807) is 0 Å². The van der Waals surface area contributed by atoms with Crippen LogP contribution in [0.4, 0.5) is 0 Å². The number of hydrogen-bond acceptors (Lipinski definition) is 0. The third-order valence-electron chi connectivity index (χ3n) is 3.31. The van der Waals surface area contributed by atoms with Gasteiger partial charge in [0, 0.05) is 0 Å². The monoisotopic (exact) mass is 261 g/mol. The predicted octanol–water partition coefficient (Wildman–Crippen LogP) is 4.63. The van der Waals surface area contributed by atoms with E-state index >= 15 is 0 Å². The molecule has 0 bridgehead atoms. The molecule has 0 aliphatic carbocycles. The molecule has 0 atom stereocenters. The molecule has 0 spiro atoms. The summed E-state index contributed by atoms with van der Waals surface area (Å²) in [6.07, 6.45) is 0. The zero-order valence-electron chi connectivity index (χ0n) is 13.7. The minimum absolute atomic E-state index is 0.190. The molecular formula is C17H29Si. The molecule has 1 rings (SSSR count). The average molecular weight is 262 g/mol. The van der Waals surface area contributed by atoms with Crippen LogP contribution in [-0.2, 0) is 10.8 Å². The van der Waals surface area contributed by atoms with Gasteiger partial charge in [0.1, 0.15) is 0 Å². The predicted molar refractivity (Wildman–Crippen MR) is 85.7 cm³/mol. The topological polar surface area (TPSA) is 0 Å². The van der Waals surface area contributed by atoms with E-state index in [9.17, 15) is 0 Å². The first kappa shape index (κ1) is 15.5. The fourth-order valence-electron chi connectivity index (χ4n) is 2.49. The lowest BCUT2D eigenvalue weighted by atomic mass is 9.75. The van der Waals surface area contributed by atoms with Crippen molar-refractivity contribution in [2.75, 3.05) is 0 Å². The summed E-state index contributed by atoms with van der Waals surface area (Å²) in [5.41, 5.74) is 3.42. The van der Waals surface area contributed by atoms with Crippen molar-refractivity contribution in [2.45, 2.75) is 72.0 Å². The van der Waals surface area contributed by atoms with Crippen LogP contribution < -0.4 is 5.19 Å². The van der Waals surface area contributed by atoms with Gasteiger partial charge in [-0.2, -0.15) is 0 Å². The van der Waals surface area contributed by atoms with Crippen molar-refractivity contribution in [3.05, 3.63) is 29.3 Å². The van der Waals surface area contributed by atoms with Crippen molar-refractivity contribution in [3.63, 3.8) is 0 Å². The summed E-state index contributed by atoms with van der Waals surface area (Å²) >= 11 is 0. The van der Waals surface area contributed by atoms with Crippen LogP contribution >= 0.6 is 0 Å². The van der Waals surface area contributed by atoms with Crippen molar-refractivity contribution in [3.8, 4) is 0 Å². The fourth-order valence-corrected chi connectivity index (χ4v) is 4.27. The SMILES string of the molecule is CC(C)(C)c1cc[c]c([Si](C)(C)C)c1C(C)(C)C. The summed E-state index contributed by atoms with van der Waals surface area (Å²) in [6, 6.07) is 7.95. The first-order valence-corrected chi connectivity index (χ1v) is 10.4. The Morgan fingerprint density at radius 1 is 0.889 bits per heavy atom. The summed E-state index contributed by atoms with van der Waals surface area (Å²) in [7, 11) is -1.35. The van der Waals surface area contributed by atoms with Gasteiger partial charge in [-0.25, -0.2) is 0 Å². The maximum atomic E-state index is 3.56. The van der Waals surface area contributed by atoms with Crippen molar-refractivity contribution in [2.24, 2.45) is 0 Å². The Bertz CT molecular complexity index is 390. The molecule has 1 heteroatoms. The van der Waals surface area contributed by atoms with Crippen LogP contribution in [0.2, 0.25) is 19.6 Å². The van der Waals surface area contributed by atoms with Crippen LogP contribution in [-0.4, -0.2) is 8.07 Å². The Kier molecular flexibility index (Phi) is 3.89. The van der Waals surface area contributed by atoms with Gasteiger partial charge in [0.2, 0.25) is 0 Å². The Morgan fingerprint density at radius 2 is 1.39 bits per heavy atom. The molecule has 0 aliphatic rings. The lowest BCUT2D eigenvalue weighted by Gasteiger charge is -2.35. The molecule has 1 radical (unpaired) electrons. The maximum Gasteiger partial charge on any atom is 0.0788 e. The van der Waals surface area contributed by atoms with Gasteiger partial charge in [-0.05, 0) is 33.2 Å². The van der Waals surface area contributed by atoms with Crippen molar-refractivity contribution in [1.29, 1.82) is 0 Å². The van der Waals surface area contributed by atoms with E-state index in [0.29, 0.717) is 0 Å². The molecule has 0 amide bonds. The zero-order valence-corrected chi connectivity index (χ0v) is 14.7. The molecule has 0 saturated heterocycles. The average Bonchev–Trinajstić information content (AvgIpc) is 2.12. The van der Waals surface area contributed by atoms with E-state index in [-0.39, 0.29) is 10.8 Å². The normalized spacial score (nSPS) is 13.8. The number of hydrogen-bond donors (Lipinski definition) is 0. The van der Waals surface area contributed by atoms with Crippen LogP contribution in [0.3, 0.4) is 0 Å². The van der Waals surface area contributed by atoms with E-state index in [1.807, 2.05) is 0 Å². The van der Waals surface area contributed by atoms with Crippen LogP contribution in [0, 0.1) is 6.07 Å². The standard InChI is InChI=1S/C17H29Si/c1-16(2,3)13-11-10-12-14(18(7,8)9)15(13)17(4,5)6/h10-11H,1-9H3. The molecule has 0 unspecified atom stereocenters. The summed E-state index contributed by atoms with van der Waals surface area (Å²) in [5, 5.41) is 1.50. The molecule has 1 aromatic rings. The largest absolute Gasteiger partial charge is 0.0788 e. The maximum absolute atomic E-state index is 3.56. The second-order valence-electron chi connectivity index (χ2n) is 8.39. The molecule has 0 aromatic heterocycles. The van der Waals surface area contributed by atoms with E-state index < -0.39 is 8.07 Å². The molecule has 0 heterocycles. The van der Waals surface area contributed by atoms with E-state index in [2.05, 4.69) is 79.4 Å². The van der Waals surface area contributed by atoms with Gasteiger partial charge >= 0.3 is 0 Å². The highest BCUT2D eigenvalue weighted by atomic mass is 28.3. The lowest BCUT2D eigenvalue weighted by Crippen LogP contribution is -2.45. The highest BCUT2D eigenvalue weighted by Crippen LogP contribution is 2.33. The molecule has 18 heavy (non-hydrogen) atoms. The molecule has 1 aromatic carbocycles. The molecule has 101 valence electrons. The number of benzene rings is 1. The summed E-state index contributed by atoms with van der Waals surface area (Å²) in [4.78, 5) is 0. The third kappa shape index (κ3) is 3.26. The molecule has 0 aliphatic heterocycles. The van der Waals surface area contributed by atoms with Gasteiger partial charge in [0.15, 0.2) is 0 Å². The van der Waals surface area contributed by atoms with Gasteiger partial charge < -0.3 is 0 Å². The molecule has 0 nitrogen and oxygen atoms in total. The quantitative estimate of drug-likeness (QED) is 0.647. The Hall–Kier alpha value is -0.563. The fraction of sp³-hybridized carbons (Fsp3) is 0.647. The lowest BCUT2D eigenvalue weighted by molar-refractivity contribution is 0.533. The smallest absolute Gasteiger partial charge is 0.0656 e. The van der Waals surface area contributed by atoms with E-state index in [0.717, 1.165) is 0 Å². The molecule has 0 saturated carbocycles. The first-order chi connectivity index (χ1) is 7.85.